The third-order valence-corrected chi connectivity index (χ3v) is 3.96. The lowest BCUT2D eigenvalue weighted by molar-refractivity contribution is -0.144. The minimum Gasteiger partial charge on any atom is -0.481 e. The van der Waals surface area contributed by atoms with E-state index in [4.69, 9.17) is 18.9 Å². The number of hydrogen-bond donors (Lipinski definition) is 1. The van der Waals surface area contributed by atoms with Gasteiger partial charge in [0.15, 0.2) is 11.5 Å². The zero-order valence-corrected chi connectivity index (χ0v) is 16.8. The highest BCUT2D eigenvalue weighted by atomic mass is 16.5. The molecule has 0 spiro atoms. The number of carbonyl (C=O) groups excluding carboxylic acids is 1. The Kier molecular flexibility index (Phi) is 8.21. The second-order valence-corrected chi connectivity index (χ2v) is 7.05. The van der Waals surface area contributed by atoms with Gasteiger partial charge in [0, 0.05) is 12.1 Å². The summed E-state index contributed by atoms with van der Waals surface area (Å²) in [5.74, 6) is -0.964. The number of aryl methyl sites for hydroxylation is 2. The first-order chi connectivity index (χ1) is 12.6. The molecule has 0 aromatic carbocycles. The number of nitrogens with zero attached hydrogens (tertiary/aromatic N) is 2. The Morgan fingerprint density at radius 2 is 1.33 bits per heavy atom. The molecule has 8 heteroatoms. The van der Waals surface area contributed by atoms with Crippen LogP contribution in [0.4, 0.5) is 0 Å². The molecular formula is C19H28N2O6. The predicted molar refractivity (Wildman–Crippen MR) is 97.3 cm³/mol. The Morgan fingerprint density at radius 1 is 0.926 bits per heavy atom. The first-order valence-electron chi connectivity index (χ1n) is 8.75. The summed E-state index contributed by atoms with van der Waals surface area (Å²) in [4.78, 5) is 22.3. The predicted octanol–water partition coefficient (Wildman–Crippen LogP) is 3.70. The number of esters is 1. The topological polar surface area (TPSA) is 116 Å². The van der Waals surface area contributed by atoms with E-state index in [1.165, 1.54) is 7.11 Å². The number of methoxy groups -OCH3 is 1. The molecule has 27 heavy (non-hydrogen) atoms. The third kappa shape index (κ3) is 6.23. The fourth-order valence-electron chi connectivity index (χ4n) is 2.64. The fraction of sp³-hybridized carbons (Fsp3) is 0.579. The van der Waals surface area contributed by atoms with Gasteiger partial charge in [-0.25, -0.2) is 0 Å². The molecule has 0 saturated heterocycles. The van der Waals surface area contributed by atoms with Crippen molar-refractivity contribution >= 4 is 11.9 Å². The zero-order chi connectivity index (χ0) is 20.7. The van der Waals surface area contributed by atoms with Crippen LogP contribution in [0.25, 0.3) is 0 Å². The molecule has 0 aliphatic heterocycles. The first kappa shape index (κ1) is 22.4. The van der Waals surface area contributed by atoms with E-state index in [-0.39, 0.29) is 23.7 Å². The van der Waals surface area contributed by atoms with Crippen LogP contribution in [0.5, 0.6) is 0 Å². The van der Waals surface area contributed by atoms with Gasteiger partial charge >= 0.3 is 11.9 Å². The van der Waals surface area contributed by atoms with Gasteiger partial charge < -0.3 is 18.9 Å². The fourth-order valence-corrected chi connectivity index (χ4v) is 2.64. The molecule has 0 saturated carbocycles. The van der Waals surface area contributed by atoms with E-state index in [0.717, 1.165) is 5.69 Å². The highest BCUT2D eigenvalue weighted by Crippen LogP contribution is 2.26. The lowest BCUT2D eigenvalue weighted by atomic mass is 9.93. The molecule has 8 nitrogen and oxygen atoms in total. The molecule has 2 rings (SSSR count). The van der Waals surface area contributed by atoms with E-state index in [0.29, 0.717) is 17.2 Å². The second kappa shape index (κ2) is 9.89. The van der Waals surface area contributed by atoms with Crippen LogP contribution >= 0.6 is 0 Å². The Labute approximate surface area is 158 Å². The summed E-state index contributed by atoms with van der Waals surface area (Å²) >= 11 is 0. The summed E-state index contributed by atoms with van der Waals surface area (Å²) in [6.07, 6.45) is 0. The van der Waals surface area contributed by atoms with Crippen molar-refractivity contribution in [2.45, 2.75) is 53.4 Å². The Morgan fingerprint density at radius 3 is 1.59 bits per heavy atom. The molecular weight excluding hydrogens is 352 g/mol. The normalized spacial score (nSPS) is 13.1. The molecule has 2 unspecified atom stereocenters. The smallest absolute Gasteiger partial charge is 0.316 e. The second-order valence-electron chi connectivity index (χ2n) is 7.05. The number of aromatic nitrogens is 2. The van der Waals surface area contributed by atoms with Crippen LogP contribution in [0.1, 0.15) is 62.4 Å². The molecule has 150 valence electrons. The number of aliphatic carboxylic acids is 1. The summed E-state index contributed by atoms with van der Waals surface area (Å²) in [6, 6.07) is 3.43. The third-order valence-electron chi connectivity index (χ3n) is 3.96. The van der Waals surface area contributed by atoms with Crippen LogP contribution in [0.15, 0.2) is 21.2 Å². The van der Waals surface area contributed by atoms with Crippen molar-refractivity contribution in [1.82, 2.24) is 10.3 Å². The van der Waals surface area contributed by atoms with Gasteiger partial charge in [-0.05, 0) is 25.7 Å². The Hall–Kier alpha value is -2.64. The van der Waals surface area contributed by atoms with Crippen LogP contribution in [0.3, 0.4) is 0 Å². The number of hydrogen-bond acceptors (Lipinski definition) is 7. The van der Waals surface area contributed by atoms with Gasteiger partial charge in [0.05, 0.1) is 18.5 Å². The van der Waals surface area contributed by atoms with E-state index in [1.807, 2.05) is 34.6 Å². The van der Waals surface area contributed by atoms with Crippen molar-refractivity contribution in [1.29, 1.82) is 0 Å². The molecule has 2 aromatic rings. The summed E-state index contributed by atoms with van der Waals surface area (Å²) in [5, 5.41) is 16.3. The van der Waals surface area contributed by atoms with Crippen LogP contribution in [-0.4, -0.2) is 34.5 Å². The van der Waals surface area contributed by atoms with Gasteiger partial charge in [-0.15, -0.1) is 0 Å². The average molecular weight is 380 g/mol. The highest BCUT2D eigenvalue weighted by molar-refractivity contribution is 5.77. The van der Waals surface area contributed by atoms with Gasteiger partial charge in [-0.3, -0.25) is 9.59 Å². The summed E-state index contributed by atoms with van der Waals surface area (Å²) in [6.45, 7) is 11.2. The maximum absolute atomic E-state index is 11.5. The lowest BCUT2D eigenvalue weighted by Gasteiger charge is -2.14. The van der Waals surface area contributed by atoms with Gasteiger partial charge in [0.25, 0.3) is 0 Å². The van der Waals surface area contributed by atoms with Crippen molar-refractivity contribution in [2.75, 3.05) is 7.11 Å². The van der Waals surface area contributed by atoms with Crippen LogP contribution in [-0.2, 0) is 14.3 Å². The van der Waals surface area contributed by atoms with Crippen molar-refractivity contribution in [3.8, 4) is 0 Å². The van der Waals surface area contributed by atoms with Gasteiger partial charge in [-0.2, -0.15) is 0 Å². The lowest BCUT2D eigenvalue weighted by Crippen LogP contribution is -2.18. The van der Waals surface area contributed by atoms with E-state index >= 15 is 0 Å². The molecule has 0 bridgehead atoms. The molecule has 0 radical (unpaired) electrons. The van der Waals surface area contributed by atoms with Gasteiger partial charge in [-0.1, -0.05) is 38.0 Å². The minimum atomic E-state index is -0.869. The SMILES string of the molecule is COC(=O)C(c1cc(C)no1)C(C)C.Cc1cc(C(C(=O)O)C(C)C)on1. The number of carboxylic acids is 1. The molecule has 2 atom stereocenters. The standard InChI is InChI=1S/C10H15NO3.C9H13NO3/c1-6(2)9(10(12)13-4)8-5-7(3)11-14-8;1-5(2)8(9(11)12)7-4-6(3)10-13-7/h5-6,9H,1-4H3;4-5,8H,1-3H3,(H,11,12). The molecule has 2 aromatic heterocycles. The van der Waals surface area contributed by atoms with Crippen LogP contribution < -0.4 is 0 Å². The van der Waals surface area contributed by atoms with E-state index in [2.05, 4.69) is 10.3 Å². The van der Waals surface area contributed by atoms with Crippen molar-refractivity contribution in [3.63, 3.8) is 0 Å². The molecule has 1 N–H and O–H groups in total. The Bertz CT molecular complexity index is 747. The van der Waals surface area contributed by atoms with Crippen molar-refractivity contribution in [2.24, 2.45) is 11.8 Å². The van der Waals surface area contributed by atoms with Crippen molar-refractivity contribution in [3.05, 3.63) is 35.0 Å². The molecule has 0 aliphatic rings. The molecule has 0 amide bonds. The summed E-state index contributed by atoms with van der Waals surface area (Å²) in [5.41, 5.74) is 1.48. The summed E-state index contributed by atoms with van der Waals surface area (Å²) in [7, 11) is 1.38. The van der Waals surface area contributed by atoms with Gasteiger partial charge in [0.1, 0.15) is 11.8 Å². The van der Waals surface area contributed by atoms with E-state index < -0.39 is 11.9 Å². The first-order valence-corrected chi connectivity index (χ1v) is 8.75. The van der Waals surface area contributed by atoms with Crippen LogP contribution in [0, 0.1) is 25.7 Å². The van der Waals surface area contributed by atoms with Gasteiger partial charge in [0.2, 0.25) is 0 Å². The number of ether oxygens (including phenoxy) is 1. The number of rotatable bonds is 6. The molecule has 2 heterocycles. The van der Waals surface area contributed by atoms with E-state index in [9.17, 15) is 9.59 Å². The summed E-state index contributed by atoms with van der Waals surface area (Å²) < 4.78 is 14.7. The maximum atomic E-state index is 11.5. The van der Waals surface area contributed by atoms with E-state index in [1.54, 1.807) is 19.1 Å². The average Bonchev–Trinajstić information content (AvgIpc) is 3.16. The quantitative estimate of drug-likeness (QED) is 0.754. The Balaban J connectivity index is 0.000000271. The molecule has 0 fully saturated rings. The maximum Gasteiger partial charge on any atom is 0.316 e. The zero-order valence-electron chi connectivity index (χ0n) is 16.8. The highest BCUT2D eigenvalue weighted by Gasteiger charge is 2.29. The number of carboxylic acid groups (broad SMARTS) is 1. The largest absolute Gasteiger partial charge is 0.481 e. The van der Waals surface area contributed by atoms with Crippen molar-refractivity contribution < 1.29 is 28.5 Å². The minimum absolute atomic E-state index is 0.00449. The monoisotopic (exact) mass is 380 g/mol. The molecule has 0 aliphatic carbocycles. The van der Waals surface area contributed by atoms with Crippen LogP contribution in [0.2, 0.25) is 0 Å². The number of carbonyl (C=O) groups is 2.